The summed E-state index contributed by atoms with van der Waals surface area (Å²) in [6.07, 6.45) is 3.86. The molecule has 5 heteroatoms. The minimum atomic E-state index is 0.0171. The lowest BCUT2D eigenvalue weighted by atomic mass is 10.1. The lowest BCUT2D eigenvalue weighted by Gasteiger charge is -2.13. The summed E-state index contributed by atoms with van der Waals surface area (Å²) in [5.74, 6) is 0.422. The van der Waals surface area contributed by atoms with Gasteiger partial charge in [-0.2, -0.15) is 0 Å². The van der Waals surface area contributed by atoms with Crippen LogP contribution in [0.25, 0.3) is 0 Å². The molecular formula is C11H17N3OS. The summed E-state index contributed by atoms with van der Waals surface area (Å²) >= 11 is 1.64. The van der Waals surface area contributed by atoms with E-state index < -0.39 is 0 Å². The van der Waals surface area contributed by atoms with Gasteiger partial charge < -0.3 is 10.6 Å². The number of carbonyl (C=O) groups excluding carboxylic acids is 1. The molecule has 0 radical (unpaired) electrons. The molecule has 4 nitrogen and oxygen atoms in total. The molecule has 88 valence electrons. The van der Waals surface area contributed by atoms with Gasteiger partial charge in [-0.1, -0.05) is 6.92 Å². The van der Waals surface area contributed by atoms with Crippen LogP contribution in [0.15, 0.2) is 11.6 Å². The highest BCUT2D eigenvalue weighted by Gasteiger charge is 2.22. The molecule has 1 unspecified atom stereocenters. The van der Waals surface area contributed by atoms with E-state index in [1.165, 1.54) is 0 Å². The Morgan fingerprint density at radius 1 is 1.81 bits per heavy atom. The number of rotatable bonds is 4. The predicted molar refractivity (Wildman–Crippen MR) is 64.6 cm³/mol. The number of nitrogens with one attached hydrogen (secondary N) is 2. The third-order valence-corrected chi connectivity index (χ3v) is 3.84. The van der Waals surface area contributed by atoms with E-state index in [9.17, 15) is 4.79 Å². The molecule has 1 amide bonds. The standard InChI is InChI=1S/C11H17N3OS/c1-8(11-13-5-6-16-11)7-14-10(15)9-3-2-4-12-9/h5-6,8-9,12H,2-4,7H2,1H3,(H,14,15)/t8?,9-/m1/s1. The summed E-state index contributed by atoms with van der Waals surface area (Å²) in [4.78, 5) is 16.0. The monoisotopic (exact) mass is 239 g/mol. The Labute approximate surface area is 99.5 Å². The number of nitrogens with zero attached hydrogens (tertiary/aromatic N) is 1. The zero-order valence-electron chi connectivity index (χ0n) is 9.40. The number of amides is 1. The summed E-state index contributed by atoms with van der Waals surface area (Å²) in [5, 5.41) is 9.22. The van der Waals surface area contributed by atoms with Crippen molar-refractivity contribution in [2.75, 3.05) is 13.1 Å². The third-order valence-electron chi connectivity index (χ3n) is 2.83. The fourth-order valence-corrected chi connectivity index (χ4v) is 2.55. The zero-order chi connectivity index (χ0) is 11.4. The van der Waals surface area contributed by atoms with E-state index in [1.807, 2.05) is 5.38 Å². The lowest BCUT2D eigenvalue weighted by molar-refractivity contribution is -0.122. The maximum Gasteiger partial charge on any atom is 0.237 e. The maximum atomic E-state index is 11.7. The minimum Gasteiger partial charge on any atom is -0.354 e. The summed E-state index contributed by atoms with van der Waals surface area (Å²) in [6, 6.07) is 0.0171. The van der Waals surface area contributed by atoms with Crippen LogP contribution in [0.5, 0.6) is 0 Å². The second kappa shape index (κ2) is 5.41. The van der Waals surface area contributed by atoms with Gasteiger partial charge in [-0.15, -0.1) is 11.3 Å². The van der Waals surface area contributed by atoms with Crippen molar-refractivity contribution in [3.63, 3.8) is 0 Å². The SMILES string of the molecule is CC(CNC(=O)[C@H]1CCCN1)c1nccs1. The second-order valence-corrected chi connectivity index (χ2v) is 5.09. The van der Waals surface area contributed by atoms with Crippen LogP contribution in [0, 0.1) is 0 Å². The van der Waals surface area contributed by atoms with Gasteiger partial charge in [0.05, 0.1) is 11.0 Å². The average Bonchev–Trinajstić information content (AvgIpc) is 2.95. The number of hydrogen-bond acceptors (Lipinski definition) is 4. The molecule has 1 aromatic heterocycles. The first-order valence-electron chi connectivity index (χ1n) is 5.68. The van der Waals surface area contributed by atoms with Crippen molar-refractivity contribution in [3.8, 4) is 0 Å². The van der Waals surface area contributed by atoms with Crippen molar-refractivity contribution in [1.29, 1.82) is 0 Å². The van der Waals surface area contributed by atoms with Gasteiger partial charge in [0, 0.05) is 24.0 Å². The van der Waals surface area contributed by atoms with Crippen LogP contribution < -0.4 is 10.6 Å². The Kier molecular flexibility index (Phi) is 3.90. The zero-order valence-corrected chi connectivity index (χ0v) is 10.2. The Hall–Kier alpha value is -0.940. The quantitative estimate of drug-likeness (QED) is 0.827. The highest BCUT2D eigenvalue weighted by atomic mass is 32.1. The topological polar surface area (TPSA) is 54.0 Å². The third kappa shape index (κ3) is 2.80. The summed E-state index contributed by atoms with van der Waals surface area (Å²) in [5.41, 5.74) is 0. The normalized spacial score (nSPS) is 21.9. The van der Waals surface area contributed by atoms with Gasteiger partial charge in [-0.25, -0.2) is 4.98 Å². The van der Waals surface area contributed by atoms with Gasteiger partial charge in [0.25, 0.3) is 0 Å². The summed E-state index contributed by atoms with van der Waals surface area (Å²) in [7, 11) is 0. The molecule has 2 N–H and O–H groups in total. The highest BCUT2D eigenvalue weighted by Crippen LogP contribution is 2.16. The Morgan fingerprint density at radius 3 is 3.31 bits per heavy atom. The molecule has 1 saturated heterocycles. The van der Waals surface area contributed by atoms with Crippen molar-refractivity contribution in [1.82, 2.24) is 15.6 Å². The highest BCUT2D eigenvalue weighted by molar-refractivity contribution is 7.09. The molecule has 16 heavy (non-hydrogen) atoms. The largest absolute Gasteiger partial charge is 0.354 e. The van der Waals surface area contributed by atoms with Crippen LogP contribution in [0.2, 0.25) is 0 Å². The first-order valence-corrected chi connectivity index (χ1v) is 6.56. The number of thiazole rings is 1. The van der Waals surface area contributed by atoms with E-state index in [4.69, 9.17) is 0 Å². The molecule has 1 fully saturated rings. The second-order valence-electron chi connectivity index (χ2n) is 4.17. The molecule has 0 spiro atoms. The smallest absolute Gasteiger partial charge is 0.237 e. The first-order chi connectivity index (χ1) is 7.77. The molecule has 0 aliphatic carbocycles. The van der Waals surface area contributed by atoms with E-state index in [1.54, 1.807) is 17.5 Å². The van der Waals surface area contributed by atoms with Crippen molar-refractivity contribution >= 4 is 17.2 Å². The maximum absolute atomic E-state index is 11.7. The van der Waals surface area contributed by atoms with Gasteiger partial charge in [-0.05, 0) is 19.4 Å². The molecule has 1 aliphatic heterocycles. The molecule has 0 aromatic carbocycles. The van der Waals surface area contributed by atoms with Crippen LogP contribution in [-0.2, 0) is 4.79 Å². The average molecular weight is 239 g/mol. The van der Waals surface area contributed by atoms with Crippen molar-refractivity contribution in [2.24, 2.45) is 0 Å². The molecule has 2 rings (SSSR count). The fourth-order valence-electron chi connectivity index (χ4n) is 1.85. The van der Waals surface area contributed by atoms with E-state index in [-0.39, 0.29) is 11.9 Å². The van der Waals surface area contributed by atoms with Crippen LogP contribution in [0.1, 0.15) is 30.7 Å². The van der Waals surface area contributed by atoms with Crippen LogP contribution in [0.3, 0.4) is 0 Å². The molecule has 0 saturated carbocycles. The van der Waals surface area contributed by atoms with E-state index >= 15 is 0 Å². The van der Waals surface area contributed by atoms with E-state index in [2.05, 4.69) is 22.5 Å². The van der Waals surface area contributed by atoms with Crippen molar-refractivity contribution in [2.45, 2.75) is 31.7 Å². The summed E-state index contributed by atoms with van der Waals surface area (Å²) < 4.78 is 0. The van der Waals surface area contributed by atoms with Crippen LogP contribution in [0.4, 0.5) is 0 Å². The molecule has 1 aromatic rings. The Balaban J connectivity index is 1.76. The molecular weight excluding hydrogens is 222 g/mol. The molecule has 2 atom stereocenters. The van der Waals surface area contributed by atoms with Gasteiger partial charge in [0.2, 0.25) is 5.91 Å². The van der Waals surface area contributed by atoms with Gasteiger partial charge in [0.15, 0.2) is 0 Å². The minimum absolute atomic E-state index is 0.0171. The lowest BCUT2D eigenvalue weighted by Crippen LogP contribution is -2.41. The fraction of sp³-hybridized carbons (Fsp3) is 0.636. The number of carbonyl (C=O) groups is 1. The molecule has 1 aliphatic rings. The van der Waals surface area contributed by atoms with Gasteiger partial charge >= 0.3 is 0 Å². The van der Waals surface area contributed by atoms with E-state index in [0.717, 1.165) is 24.4 Å². The van der Waals surface area contributed by atoms with Crippen molar-refractivity contribution < 1.29 is 4.79 Å². The van der Waals surface area contributed by atoms with Crippen molar-refractivity contribution in [3.05, 3.63) is 16.6 Å². The molecule has 2 heterocycles. The number of aromatic nitrogens is 1. The number of hydrogen-bond donors (Lipinski definition) is 2. The molecule has 0 bridgehead atoms. The Morgan fingerprint density at radius 2 is 2.69 bits per heavy atom. The Bertz CT molecular complexity index is 333. The van der Waals surface area contributed by atoms with Gasteiger partial charge in [-0.3, -0.25) is 4.79 Å². The van der Waals surface area contributed by atoms with Crippen LogP contribution >= 0.6 is 11.3 Å². The first kappa shape index (κ1) is 11.5. The van der Waals surface area contributed by atoms with Crippen LogP contribution in [-0.4, -0.2) is 30.0 Å². The van der Waals surface area contributed by atoms with E-state index in [0.29, 0.717) is 12.5 Å². The summed E-state index contributed by atoms with van der Waals surface area (Å²) in [6.45, 7) is 3.71. The predicted octanol–water partition coefficient (Wildman–Crippen LogP) is 1.11. The van der Waals surface area contributed by atoms with Gasteiger partial charge in [0.1, 0.15) is 0 Å².